The smallest absolute Gasteiger partial charge is 0.121 e. The molecular formula is C10H19FN2. The third-order valence-electron chi connectivity index (χ3n) is 3.48. The number of rotatable bonds is 2. The van der Waals surface area contributed by atoms with Gasteiger partial charge in [0, 0.05) is 18.0 Å². The lowest BCUT2D eigenvalue weighted by atomic mass is 9.70. The van der Waals surface area contributed by atoms with E-state index in [4.69, 9.17) is 0 Å². The first-order valence-corrected chi connectivity index (χ1v) is 5.33. The van der Waals surface area contributed by atoms with Crippen LogP contribution in [0.25, 0.3) is 0 Å². The van der Waals surface area contributed by atoms with E-state index in [0.29, 0.717) is 12.1 Å². The Bertz CT molecular complexity index is 195. The molecule has 3 heteroatoms. The maximum atomic E-state index is 13.6. The van der Waals surface area contributed by atoms with E-state index < -0.39 is 6.17 Å². The van der Waals surface area contributed by atoms with Crippen molar-refractivity contribution in [2.24, 2.45) is 5.92 Å². The van der Waals surface area contributed by atoms with Crippen molar-refractivity contribution in [1.29, 1.82) is 0 Å². The molecule has 2 aliphatic heterocycles. The predicted molar refractivity (Wildman–Crippen MR) is 51.0 cm³/mol. The Kier molecular flexibility index (Phi) is 2.32. The van der Waals surface area contributed by atoms with Gasteiger partial charge in [-0.25, -0.2) is 9.40 Å². The van der Waals surface area contributed by atoms with Crippen molar-refractivity contribution in [3.63, 3.8) is 0 Å². The second kappa shape index (κ2) is 3.21. The Morgan fingerprint density at radius 2 is 2.23 bits per heavy atom. The maximum absolute atomic E-state index is 13.6. The van der Waals surface area contributed by atoms with Crippen LogP contribution in [0, 0.1) is 5.92 Å². The summed E-state index contributed by atoms with van der Waals surface area (Å²) in [5.74, 6) is 0.282. The minimum Gasteiger partial charge on any atom is -0.251 e. The van der Waals surface area contributed by atoms with E-state index in [9.17, 15) is 4.39 Å². The first kappa shape index (κ1) is 9.41. The van der Waals surface area contributed by atoms with Crippen LogP contribution >= 0.6 is 0 Å². The number of hydrogen-bond acceptors (Lipinski definition) is 2. The molecule has 2 saturated heterocycles. The molecule has 1 saturated carbocycles. The molecule has 2 heterocycles. The molecule has 0 aromatic carbocycles. The fourth-order valence-electron chi connectivity index (χ4n) is 2.59. The van der Waals surface area contributed by atoms with Gasteiger partial charge >= 0.3 is 0 Å². The number of halogens is 1. The zero-order valence-electron chi connectivity index (χ0n) is 8.63. The van der Waals surface area contributed by atoms with Gasteiger partial charge in [-0.1, -0.05) is 6.92 Å². The molecule has 0 aromatic rings. The zero-order chi connectivity index (χ0) is 9.59. The van der Waals surface area contributed by atoms with Crippen molar-refractivity contribution in [2.45, 2.75) is 57.9 Å². The highest BCUT2D eigenvalue weighted by Gasteiger charge is 2.53. The largest absolute Gasteiger partial charge is 0.251 e. The Balaban J connectivity index is 2.07. The van der Waals surface area contributed by atoms with Crippen LogP contribution in [0.2, 0.25) is 0 Å². The van der Waals surface area contributed by atoms with Crippen molar-refractivity contribution in [1.82, 2.24) is 10.4 Å². The third-order valence-corrected chi connectivity index (χ3v) is 3.48. The van der Waals surface area contributed by atoms with E-state index in [0.717, 1.165) is 12.8 Å². The quantitative estimate of drug-likeness (QED) is 0.706. The van der Waals surface area contributed by atoms with Gasteiger partial charge < -0.3 is 0 Å². The molecule has 0 aromatic heterocycles. The standard InChI is InChI=1S/C10H19FN2/c1-4-8-7-5-9(10(7)11)13(12-8)6(2)3/h6-10,12H,4-5H2,1-3H3. The van der Waals surface area contributed by atoms with E-state index in [-0.39, 0.29) is 12.0 Å². The molecular weight excluding hydrogens is 167 g/mol. The van der Waals surface area contributed by atoms with E-state index >= 15 is 0 Å². The molecule has 0 radical (unpaired) electrons. The highest BCUT2D eigenvalue weighted by Crippen LogP contribution is 2.42. The number of nitrogens with zero attached hydrogens (tertiary/aromatic N) is 1. The van der Waals surface area contributed by atoms with Crippen LogP contribution < -0.4 is 5.43 Å². The number of hydrogen-bond donors (Lipinski definition) is 1. The molecule has 2 nitrogen and oxygen atoms in total. The normalized spacial score (nSPS) is 45.0. The Morgan fingerprint density at radius 1 is 1.54 bits per heavy atom. The first-order chi connectivity index (χ1) is 6.15. The molecule has 4 atom stereocenters. The first-order valence-electron chi connectivity index (χ1n) is 5.33. The highest BCUT2D eigenvalue weighted by atomic mass is 19.1. The second-order valence-corrected chi connectivity index (χ2v) is 4.56. The lowest BCUT2D eigenvalue weighted by molar-refractivity contribution is -0.141. The van der Waals surface area contributed by atoms with Crippen molar-refractivity contribution >= 4 is 0 Å². The summed E-state index contributed by atoms with van der Waals surface area (Å²) >= 11 is 0. The Labute approximate surface area is 79.5 Å². The SMILES string of the molecule is CCC1NN(C(C)C)C2CC1C2F. The van der Waals surface area contributed by atoms with E-state index in [1.165, 1.54) is 0 Å². The van der Waals surface area contributed by atoms with E-state index in [2.05, 4.69) is 31.2 Å². The number of fused-ring (bicyclic) bond motifs is 2. The van der Waals surface area contributed by atoms with Crippen molar-refractivity contribution in [3.05, 3.63) is 0 Å². The number of hydrazine groups is 1. The summed E-state index contributed by atoms with van der Waals surface area (Å²) in [6, 6.07) is 0.911. The van der Waals surface area contributed by atoms with Crippen LogP contribution in [0.1, 0.15) is 33.6 Å². The molecule has 4 unspecified atom stereocenters. The molecule has 3 rings (SSSR count). The summed E-state index contributed by atoms with van der Waals surface area (Å²) in [7, 11) is 0. The van der Waals surface area contributed by atoms with Gasteiger partial charge in [-0.05, 0) is 26.7 Å². The number of alkyl halides is 1. The minimum absolute atomic E-state index is 0.146. The van der Waals surface area contributed by atoms with Crippen LogP contribution in [0.5, 0.6) is 0 Å². The summed E-state index contributed by atoms with van der Waals surface area (Å²) in [4.78, 5) is 0. The van der Waals surface area contributed by atoms with Crippen molar-refractivity contribution in [3.8, 4) is 0 Å². The molecule has 76 valence electrons. The molecule has 2 bridgehead atoms. The Morgan fingerprint density at radius 3 is 2.69 bits per heavy atom. The van der Waals surface area contributed by atoms with Crippen LogP contribution in [-0.2, 0) is 0 Å². The summed E-state index contributed by atoms with van der Waals surface area (Å²) in [6.07, 6.45) is 1.49. The van der Waals surface area contributed by atoms with Gasteiger partial charge in [-0.3, -0.25) is 5.43 Å². The molecule has 1 aliphatic carbocycles. The topological polar surface area (TPSA) is 15.3 Å². The maximum Gasteiger partial charge on any atom is 0.121 e. The monoisotopic (exact) mass is 186 g/mol. The predicted octanol–water partition coefficient (Wildman–Crippen LogP) is 1.72. The summed E-state index contributed by atoms with van der Waals surface area (Å²) in [5, 5.41) is 2.11. The van der Waals surface area contributed by atoms with Crippen LogP contribution in [0.3, 0.4) is 0 Å². The molecule has 3 aliphatic rings. The van der Waals surface area contributed by atoms with Gasteiger partial charge in [0.15, 0.2) is 0 Å². The van der Waals surface area contributed by atoms with E-state index in [1.807, 2.05) is 0 Å². The average molecular weight is 186 g/mol. The second-order valence-electron chi connectivity index (χ2n) is 4.56. The number of nitrogens with one attached hydrogen (secondary N) is 1. The lowest BCUT2D eigenvalue weighted by Crippen LogP contribution is -2.73. The molecule has 1 N–H and O–H groups in total. The van der Waals surface area contributed by atoms with Crippen LogP contribution in [-0.4, -0.2) is 29.3 Å². The lowest BCUT2D eigenvalue weighted by Gasteiger charge is -2.57. The zero-order valence-corrected chi connectivity index (χ0v) is 8.63. The molecule has 13 heavy (non-hydrogen) atoms. The summed E-state index contributed by atoms with van der Waals surface area (Å²) < 4.78 is 13.6. The van der Waals surface area contributed by atoms with Gasteiger partial charge in [0.05, 0.1) is 6.04 Å². The highest BCUT2D eigenvalue weighted by molar-refractivity contribution is 5.05. The van der Waals surface area contributed by atoms with Gasteiger partial charge in [0.1, 0.15) is 6.17 Å². The van der Waals surface area contributed by atoms with Crippen LogP contribution in [0.4, 0.5) is 4.39 Å². The summed E-state index contributed by atoms with van der Waals surface area (Å²) in [6.45, 7) is 6.36. The average Bonchev–Trinajstić information content (AvgIpc) is 2.15. The Hall–Kier alpha value is -0.150. The van der Waals surface area contributed by atoms with Gasteiger partial charge in [0.2, 0.25) is 0 Å². The van der Waals surface area contributed by atoms with Gasteiger partial charge in [0.25, 0.3) is 0 Å². The fraction of sp³-hybridized carbons (Fsp3) is 1.00. The van der Waals surface area contributed by atoms with Crippen LogP contribution in [0.15, 0.2) is 0 Å². The van der Waals surface area contributed by atoms with Gasteiger partial charge in [-0.15, -0.1) is 0 Å². The van der Waals surface area contributed by atoms with E-state index in [1.54, 1.807) is 0 Å². The third kappa shape index (κ3) is 1.29. The summed E-state index contributed by atoms with van der Waals surface area (Å²) in [5.41, 5.74) is 3.43. The molecule has 0 amide bonds. The van der Waals surface area contributed by atoms with Crippen molar-refractivity contribution < 1.29 is 4.39 Å². The minimum atomic E-state index is -0.589. The van der Waals surface area contributed by atoms with Gasteiger partial charge in [-0.2, -0.15) is 0 Å². The fourth-order valence-corrected chi connectivity index (χ4v) is 2.59. The molecule has 3 fully saturated rings. The van der Waals surface area contributed by atoms with Crippen molar-refractivity contribution in [2.75, 3.05) is 0 Å². The molecule has 0 spiro atoms.